The second-order valence-corrected chi connectivity index (χ2v) is 9.20. The number of aryl methyl sites for hydroxylation is 1. The van der Waals surface area contributed by atoms with E-state index >= 15 is 0 Å². The number of amidine groups is 1. The third kappa shape index (κ3) is 4.54. The van der Waals surface area contributed by atoms with Crippen LogP contribution in [0.5, 0.6) is 0 Å². The number of carbonyl (C=O) groups excluding carboxylic acids is 1. The molecule has 1 unspecified atom stereocenters. The van der Waals surface area contributed by atoms with Crippen LogP contribution in [-0.2, 0) is 14.8 Å². The molecule has 1 amide bonds. The van der Waals surface area contributed by atoms with Crippen LogP contribution >= 0.6 is 0 Å². The molecular weight excluding hydrogens is 428 g/mol. The van der Waals surface area contributed by atoms with Crippen molar-refractivity contribution in [3.63, 3.8) is 0 Å². The predicted octanol–water partition coefficient (Wildman–Crippen LogP) is 3.02. The number of rotatable bonds is 7. The molecule has 166 valence electrons. The molecule has 0 bridgehead atoms. The molecule has 0 aliphatic carbocycles. The van der Waals surface area contributed by atoms with Crippen molar-refractivity contribution in [1.82, 2.24) is 19.9 Å². The highest BCUT2D eigenvalue weighted by Gasteiger charge is 2.31. The van der Waals surface area contributed by atoms with Crippen LogP contribution in [-0.4, -0.2) is 41.4 Å². The largest absolute Gasteiger partial charge is 0.324 e. The molecule has 1 aromatic heterocycles. The molecule has 9 nitrogen and oxygen atoms in total. The molecule has 32 heavy (non-hydrogen) atoms. The second-order valence-electron chi connectivity index (χ2n) is 7.55. The van der Waals surface area contributed by atoms with E-state index in [0.717, 1.165) is 18.4 Å². The number of nitrogens with zero attached hydrogens (tertiary/aromatic N) is 3. The molecule has 1 atom stereocenters. The van der Waals surface area contributed by atoms with E-state index in [1.807, 2.05) is 26.0 Å². The zero-order valence-electron chi connectivity index (χ0n) is 17.8. The Hall–Kier alpha value is -3.53. The SMILES string of the molecule is CCCCC(N=C1NS(=O)(=O)c2ccccc21)C(=O)Nc1cccc(-c2n[nH]c(C)n2)c1. The van der Waals surface area contributed by atoms with E-state index in [4.69, 9.17) is 0 Å². The number of carbonyl (C=O) groups is 1. The smallest absolute Gasteiger partial charge is 0.263 e. The van der Waals surface area contributed by atoms with Crippen molar-refractivity contribution in [2.24, 2.45) is 4.99 Å². The van der Waals surface area contributed by atoms with Gasteiger partial charge in [-0.3, -0.25) is 19.6 Å². The molecule has 4 rings (SSSR count). The summed E-state index contributed by atoms with van der Waals surface area (Å²) in [4.78, 5) is 22.1. The molecule has 0 spiro atoms. The number of aliphatic imine (C=N–C) groups is 1. The Labute approximate surface area is 186 Å². The van der Waals surface area contributed by atoms with Gasteiger partial charge >= 0.3 is 0 Å². The Balaban J connectivity index is 1.59. The monoisotopic (exact) mass is 452 g/mol. The predicted molar refractivity (Wildman–Crippen MR) is 122 cm³/mol. The lowest BCUT2D eigenvalue weighted by molar-refractivity contribution is -0.117. The van der Waals surface area contributed by atoms with Gasteiger partial charge in [0.2, 0.25) is 5.91 Å². The van der Waals surface area contributed by atoms with E-state index in [1.165, 1.54) is 6.07 Å². The van der Waals surface area contributed by atoms with Gasteiger partial charge in [-0.25, -0.2) is 13.4 Å². The molecule has 0 saturated carbocycles. The highest BCUT2D eigenvalue weighted by molar-refractivity contribution is 7.90. The molecule has 0 fully saturated rings. The number of benzene rings is 2. The molecule has 2 heterocycles. The maximum atomic E-state index is 13.1. The lowest BCUT2D eigenvalue weighted by atomic mass is 10.1. The first-order valence-corrected chi connectivity index (χ1v) is 11.9. The topological polar surface area (TPSA) is 129 Å². The van der Waals surface area contributed by atoms with Gasteiger partial charge in [0.1, 0.15) is 17.7 Å². The van der Waals surface area contributed by atoms with E-state index < -0.39 is 16.1 Å². The number of amides is 1. The number of H-pyrrole nitrogens is 1. The molecule has 3 aromatic rings. The summed E-state index contributed by atoms with van der Waals surface area (Å²) in [5.74, 6) is 1.13. The number of nitrogens with one attached hydrogen (secondary N) is 3. The zero-order chi connectivity index (χ0) is 22.7. The molecule has 2 aromatic carbocycles. The Morgan fingerprint density at radius 1 is 1.19 bits per heavy atom. The summed E-state index contributed by atoms with van der Waals surface area (Å²) in [6.07, 6.45) is 2.16. The average molecular weight is 453 g/mol. The number of hydrogen-bond donors (Lipinski definition) is 3. The van der Waals surface area contributed by atoms with Crippen molar-refractivity contribution in [3.05, 3.63) is 59.9 Å². The van der Waals surface area contributed by atoms with E-state index in [0.29, 0.717) is 29.3 Å². The van der Waals surface area contributed by atoms with Gasteiger partial charge in [-0.05, 0) is 37.6 Å². The fourth-order valence-corrected chi connectivity index (χ4v) is 4.71. The van der Waals surface area contributed by atoms with E-state index in [9.17, 15) is 13.2 Å². The fourth-order valence-electron chi connectivity index (χ4n) is 3.47. The number of fused-ring (bicyclic) bond motifs is 1. The summed E-state index contributed by atoms with van der Waals surface area (Å²) in [5, 5.41) is 9.85. The Kier molecular flexibility index (Phi) is 6.04. The zero-order valence-corrected chi connectivity index (χ0v) is 18.6. The van der Waals surface area contributed by atoms with Gasteiger partial charge in [0, 0.05) is 16.8 Å². The molecule has 1 aliphatic rings. The third-order valence-electron chi connectivity index (χ3n) is 5.07. The van der Waals surface area contributed by atoms with Crippen LogP contribution in [0, 0.1) is 6.92 Å². The molecule has 0 saturated heterocycles. The van der Waals surface area contributed by atoms with Crippen LogP contribution in [0.1, 0.15) is 37.6 Å². The molecule has 1 aliphatic heterocycles. The number of unbranched alkanes of at least 4 members (excludes halogenated alkanes) is 1. The van der Waals surface area contributed by atoms with Crippen molar-refractivity contribution in [1.29, 1.82) is 0 Å². The molecule has 0 radical (unpaired) electrons. The Morgan fingerprint density at radius 2 is 2.00 bits per heavy atom. The maximum Gasteiger partial charge on any atom is 0.263 e. The first-order valence-electron chi connectivity index (χ1n) is 10.4. The van der Waals surface area contributed by atoms with Gasteiger partial charge in [-0.2, -0.15) is 5.10 Å². The van der Waals surface area contributed by atoms with Crippen molar-refractivity contribution < 1.29 is 13.2 Å². The minimum atomic E-state index is -3.67. The molecular formula is C22H24N6O3S. The molecule has 10 heteroatoms. The van der Waals surface area contributed by atoms with Crippen LogP contribution in [0.25, 0.3) is 11.4 Å². The van der Waals surface area contributed by atoms with Crippen LogP contribution in [0.4, 0.5) is 5.69 Å². The van der Waals surface area contributed by atoms with Gasteiger partial charge in [0.25, 0.3) is 10.0 Å². The Morgan fingerprint density at radius 3 is 2.75 bits per heavy atom. The number of sulfonamides is 1. The minimum Gasteiger partial charge on any atom is -0.324 e. The van der Waals surface area contributed by atoms with Gasteiger partial charge in [0.05, 0.1) is 4.90 Å². The number of aromatic amines is 1. The van der Waals surface area contributed by atoms with E-state index in [2.05, 4.69) is 30.2 Å². The van der Waals surface area contributed by atoms with Gasteiger partial charge in [-0.15, -0.1) is 0 Å². The highest BCUT2D eigenvalue weighted by atomic mass is 32.2. The van der Waals surface area contributed by atoms with Gasteiger partial charge in [-0.1, -0.05) is 44.0 Å². The van der Waals surface area contributed by atoms with E-state index in [1.54, 1.807) is 30.3 Å². The standard InChI is InChI=1S/C22H24N6O3S/c1-3-4-11-18(25-21-17-10-5-6-12-19(17)32(30,31)28-21)22(29)24-16-9-7-8-15(13-16)20-23-14(2)26-27-20/h5-10,12-13,18H,3-4,11H2,1-2H3,(H,24,29)(H,25,28)(H,23,26,27). The van der Waals surface area contributed by atoms with Gasteiger partial charge < -0.3 is 5.32 Å². The summed E-state index contributed by atoms with van der Waals surface area (Å²) >= 11 is 0. The normalized spacial score (nSPS) is 16.4. The maximum absolute atomic E-state index is 13.1. The van der Waals surface area contributed by atoms with Crippen molar-refractivity contribution in [2.45, 2.75) is 44.0 Å². The molecule has 3 N–H and O–H groups in total. The second kappa shape index (κ2) is 8.91. The summed E-state index contributed by atoms with van der Waals surface area (Å²) in [6, 6.07) is 13.1. The van der Waals surface area contributed by atoms with Crippen LogP contribution in [0.15, 0.2) is 58.4 Å². The Bertz CT molecular complexity index is 1280. The quantitative estimate of drug-likeness (QED) is 0.507. The number of hydrogen-bond acceptors (Lipinski definition) is 6. The van der Waals surface area contributed by atoms with Crippen molar-refractivity contribution in [2.75, 3.05) is 5.32 Å². The first kappa shape index (κ1) is 21.7. The van der Waals surface area contributed by atoms with Crippen LogP contribution < -0.4 is 10.0 Å². The lowest BCUT2D eigenvalue weighted by Crippen LogP contribution is -2.30. The fraction of sp³-hybridized carbons (Fsp3) is 0.273. The van der Waals surface area contributed by atoms with E-state index in [-0.39, 0.29) is 16.6 Å². The van der Waals surface area contributed by atoms with Crippen molar-refractivity contribution in [3.8, 4) is 11.4 Å². The highest BCUT2D eigenvalue weighted by Crippen LogP contribution is 2.24. The minimum absolute atomic E-state index is 0.169. The number of anilines is 1. The third-order valence-corrected chi connectivity index (χ3v) is 6.46. The summed E-state index contributed by atoms with van der Waals surface area (Å²) < 4.78 is 27.3. The average Bonchev–Trinajstić information content (AvgIpc) is 3.32. The van der Waals surface area contributed by atoms with Gasteiger partial charge in [0.15, 0.2) is 5.82 Å². The van der Waals surface area contributed by atoms with Crippen LogP contribution in [0.2, 0.25) is 0 Å². The van der Waals surface area contributed by atoms with Crippen molar-refractivity contribution >= 4 is 27.5 Å². The summed E-state index contributed by atoms with van der Waals surface area (Å²) in [7, 11) is -3.67. The first-order chi connectivity index (χ1) is 15.4. The summed E-state index contributed by atoms with van der Waals surface area (Å²) in [5.41, 5.74) is 1.83. The lowest BCUT2D eigenvalue weighted by Gasteiger charge is -2.14. The number of aromatic nitrogens is 3. The summed E-state index contributed by atoms with van der Waals surface area (Å²) in [6.45, 7) is 3.84. The van der Waals surface area contributed by atoms with Crippen LogP contribution in [0.3, 0.4) is 0 Å².